The summed E-state index contributed by atoms with van der Waals surface area (Å²) in [4.78, 5) is 23.6. The summed E-state index contributed by atoms with van der Waals surface area (Å²) in [7, 11) is 0. The number of hydrogen-bond donors (Lipinski definition) is 0. The van der Waals surface area contributed by atoms with Crippen LogP contribution >= 0.6 is 0 Å². The van der Waals surface area contributed by atoms with Crippen molar-refractivity contribution in [1.82, 2.24) is 0 Å². The van der Waals surface area contributed by atoms with Crippen molar-refractivity contribution in [3.05, 3.63) is 84.4 Å². The molecule has 0 heterocycles. The molecular weight excluding hydrogens is 368 g/mol. The summed E-state index contributed by atoms with van der Waals surface area (Å²) < 4.78 is 16.1. The Bertz CT molecular complexity index is 1020. The number of ether oxygens (including phenoxy) is 3. The molecular formula is C24H22O5. The van der Waals surface area contributed by atoms with E-state index >= 15 is 0 Å². The van der Waals surface area contributed by atoms with Gasteiger partial charge in [-0.1, -0.05) is 36.9 Å². The fourth-order valence-corrected chi connectivity index (χ4v) is 2.63. The van der Waals surface area contributed by atoms with E-state index in [0.717, 1.165) is 10.8 Å². The van der Waals surface area contributed by atoms with E-state index in [1.807, 2.05) is 42.5 Å². The third kappa shape index (κ3) is 5.69. The highest BCUT2D eigenvalue weighted by Crippen LogP contribution is 2.23. The number of benzene rings is 3. The highest BCUT2D eigenvalue weighted by molar-refractivity contribution is 5.96. The Balaban J connectivity index is 1.57. The van der Waals surface area contributed by atoms with Crippen molar-refractivity contribution in [3.8, 4) is 11.5 Å². The Morgan fingerprint density at radius 1 is 0.862 bits per heavy atom. The van der Waals surface area contributed by atoms with Gasteiger partial charge in [-0.05, 0) is 54.1 Å². The number of rotatable bonds is 8. The van der Waals surface area contributed by atoms with E-state index in [1.54, 1.807) is 31.2 Å². The van der Waals surface area contributed by atoms with Crippen LogP contribution in [0.3, 0.4) is 0 Å². The smallest absolute Gasteiger partial charge is 0.343 e. The van der Waals surface area contributed by atoms with E-state index in [1.165, 1.54) is 0 Å². The Kier molecular flexibility index (Phi) is 6.63. The monoisotopic (exact) mass is 390 g/mol. The van der Waals surface area contributed by atoms with Crippen molar-refractivity contribution < 1.29 is 23.8 Å². The average Bonchev–Trinajstić information content (AvgIpc) is 2.73. The summed E-state index contributed by atoms with van der Waals surface area (Å²) in [6, 6.07) is 20.0. The molecule has 148 valence electrons. The average molecular weight is 390 g/mol. The molecule has 29 heavy (non-hydrogen) atoms. The largest absolute Gasteiger partial charge is 0.493 e. The zero-order chi connectivity index (χ0) is 20.6. The molecule has 0 aliphatic rings. The Morgan fingerprint density at radius 3 is 2.34 bits per heavy atom. The van der Waals surface area contributed by atoms with Gasteiger partial charge in [0.15, 0.2) is 0 Å². The quantitative estimate of drug-likeness (QED) is 0.236. The van der Waals surface area contributed by atoms with Gasteiger partial charge in [0, 0.05) is 12.0 Å². The molecule has 3 aromatic rings. The van der Waals surface area contributed by atoms with Crippen LogP contribution in [-0.2, 0) is 9.53 Å². The highest BCUT2D eigenvalue weighted by atomic mass is 16.5. The normalized spacial score (nSPS) is 10.4. The highest BCUT2D eigenvalue weighted by Gasteiger charge is 2.10. The molecule has 5 heteroatoms. The molecule has 0 fully saturated rings. The molecule has 0 saturated carbocycles. The summed E-state index contributed by atoms with van der Waals surface area (Å²) in [5, 5.41) is 1.86. The number of hydrogen-bond acceptors (Lipinski definition) is 5. The second-order valence-electron chi connectivity index (χ2n) is 6.54. The molecule has 0 aliphatic carbocycles. The molecule has 0 unspecified atom stereocenters. The second-order valence-corrected chi connectivity index (χ2v) is 6.54. The van der Waals surface area contributed by atoms with Gasteiger partial charge in [0.2, 0.25) is 0 Å². The lowest BCUT2D eigenvalue weighted by molar-refractivity contribution is -0.139. The van der Waals surface area contributed by atoms with Crippen molar-refractivity contribution in [3.63, 3.8) is 0 Å². The Hall–Kier alpha value is -3.60. The molecule has 5 nitrogen and oxygen atoms in total. The van der Waals surface area contributed by atoms with Crippen LogP contribution < -0.4 is 9.47 Å². The lowest BCUT2D eigenvalue weighted by Crippen LogP contribution is -2.09. The van der Waals surface area contributed by atoms with E-state index < -0.39 is 11.9 Å². The van der Waals surface area contributed by atoms with Gasteiger partial charge in [-0.2, -0.15) is 0 Å². The third-order valence-corrected chi connectivity index (χ3v) is 4.14. The molecule has 0 N–H and O–H groups in total. The summed E-state index contributed by atoms with van der Waals surface area (Å²) in [5.74, 6) is 0.429. The predicted octanol–water partition coefficient (Wildman–Crippen LogP) is 4.95. The lowest BCUT2D eigenvalue weighted by atomic mass is 10.1. The van der Waals surface area contributed by atoms with Crippen LogP contribution in [-0.4, -0.2) is 25.2 Å². The number of carbonyl (C=O) groups excluding carboxylic acids is 2. The SMILES string of the molecule is C=C(C)C(=O)OCCCOc1ccc2cc(C(=O)Oc3ccccc3)ccc2c1. The van der Waals surface area contributed by atoms with Gasteiger partial charge in [-0.15, -0.1) is 0 Å². The molecule has 3 rings (SSSR count). The summed E-state index contributed by atoms with van der Waals surface area (Å²) in [5.41, 5.74) is 0.863. The van der Waals surface area contributed by atoms with Crippen LogP contribution in [0.25, 0.3) is 10.8 Å². The Morgan fingerprint density at radius 2 is 1.59 bits per heavy atom. The number of para-hydroxylation sites is 1. The minimum atomic E-state index is -0.400. The van der Waals surface area contributed by atoms with Crippen LogP contribution in [0.1, 0.15) is 23.7 Å². The second kappa shape index (κ2) is 9.55. The van der Waals surface area contributed by atoms with Crippen molar-refractivity contribution >= 4 is 22.7 Å². The van der Waals surface area contributed by atoms with E-state index in [4.69, 9.17) is 14.2 Å². The van der Waals surface area contributed by atoms with Gasteiger partial charge in [-0.3, -0.25) is 0 Å². The van der Waals surface area contributed by atoms with E-state index in [9.17, 15) is 9.59 Å². The van der Waals surface area contributed by atoms with E-state index in [-0.39, 0.29) is 6.61 Å². The van der Waals surface area contributed by atoms with E-state index in [0.29, 0.717) is 35.7 Å². The molecule has 0 spiro atoms. The summed E-state index contributed by atoms with van der Waals surface area (Å²) in [6.45, 7) is 5.86. The van der Waals surface area contributed by atoms with Crippen LogP contribution in [0.2, 0.25) is 0 Å². The summed E-state index contributed by atoms with van der Waals surface area (Å²) in [6.07, 6.45) is 0.585. The van der Waals surface area contributed by atoms with Crippen molar-refractivity contribution in [1.29, 1.82) is 0 Å². The molecule has 0 amide bonds. The van der Waals surface area contributed by atoms with Crippen molar-refractivity contribution in [2.24, 2.45) is 0 Å². The van der Waals surface area contributed by atoms with Crippen molar-refractivity contribution in [2.45, 2.75) is 13.3 Å². The summed E-state index contributed by atoms with van der Waals surface area (Å²) >= 11 is 0. The van der Waals surface area contributed by atoms with Crippen molar-refractivity contribution in [2.75, 3.05) is 13.2 Å². The number of esters is 2. The van der Waals surface area contributed by atoms with Gasteiger partial charge < -0.3 is 14.2 Å². The first kappa shape index (κ1) is 20.1. The maximum atomic E-state index is 12.3. The molecule has 0 radical (unpaired) electrons. The molecule has 0 saturated heterocycles. The van der Waals surface area contributed by atoms with Crippen LogP contribution in [0.15, 0.2) is 78.9 Å². The van der Waals surface area contributed by atoms with Gasteiger partial charge in [0.1, 0.15) is 11.5 Å². The van der Waals surface area contributed by atoms with Crippen LogP contribution in [0.4, 0.5) is 0 Å². The lowest BCUT2D eigenvalue weighted by Gasteiger charge is -2.09. The maximum Gasteiger partial charge on any atom is 0.343 e. The maximum absolute atomic E-state index is 12.3. The molecule has 3 aromatic carbocycles. The molecule has 0 atom stereocenters. The first-order chi connectivity index (χ1) is 14.0. The molecule has 0 aromatic heterocycles. The minimum Gasteiger partial charge on any atom is -0.493 e. The fourth-order valence-electron chi connectivity index (χ4n) is 2.63. The topological polar surface area (TPSA) is 61.8 Å². The third-order valence-electron chi connectivity index (χ3n) is 4.14. The minimum absolute atomic E-state index is 0.284. The zero-order valence-electron chi connectivity index (χ0n) is 16.2. The first-order valence-electron chi connectivity index (χ1n) is 9.29. The van der Waals surface area contributed by atoms with Crippen LogP contribution in [0.5, 0.6) is 11.5 Å². The predicted molar refractivity (Wildman–Crippen MR) is 111 cm³/mol. The van der Waals surface area contributed by atoms with Gasteiger partial charge in [0.05, 0.1) is 18.8 Å². The number of carbonyl (C=O) groups is 2. The zero-order valence-corrected chi connectivity index (χ0v) is 16.2. The first-order valence-corrected chi connectivity index (χ1v) is 9.29. The number of fused-ring (bicyclic) bond motifs is 1. The van der Waals surface area contributed by atoms with Gasteiger partial charge in [-0.25, -0.2) is 9.59 Å². The standard InChI is InChI=1S/C24H22O5/c1-17(2)23(25)28-14-6-13-27-22-12-11-18-15-20(10-9-19(18)16-22)24(26)29-21-7-4-3-5-8-21/h3-5,7-12,15-16H,1,6,13-14H2,2H3. The van der Waals surface area contributed by atoms with Gasteiger partial charge >= 0.3 is 11.9 Å². The van der Waals surface area contributed by atoms with Gasteiger partial charge in [0.25, 0.3) is 0 Å². The Labute approximate surface area is 169 Å². The fraction of sp³-hybridized carbons (Fsp3) is 0.167. The molecule has 0 aliphatic heterocycles. The van der Waals surface area contributed by atoms with Crippen LogP contribution in [0, 0.1) is 0 Å². The van der Waals surface area contributed by atoms with E-state index in [2.05, 4.69) is 6.58 Å². The molecule has 0 bridgehead atoms.